The molecule has 0 N–H and O–H groups in total. The Morgan fingerprint density at radius 3 is 1.12 bits per heavy atom. The molecule has 2 unspecified atom stereocenters. The van der Waals surface area contributed by atoms with Crippen molar-refractivity contribution >= 4 is 50.5 Å². The number of hydrogen-bond acceptors (Lipinski definition) is 4. The summed E-state index contributed by atoms with van der Waals surface area (Å²) in [5, 5.41) is 3.49. The lowest BCUT2D eigenvalue weighted by Gasteiger charge is -2.49. The average Bonchev–Trinajstić information content (AvgIpc) is 2.91. The zero-order valence-electron chi connectivity index (χ0n) is 20.7. The van der Waals surface area contributed by atoms with Crippen LogP contribution in [0.4, 0.5) is 0 Å². The van der Waals surface area contributed by atoms with Crippen LogP contribution in [0.3, 0.4) is 0 Å². The topological polar surface area (TPSA) is 36.9 Å². The summed E-state index contributed by atoms with van der Waals surface area (Å²) in [4.78, 5) is 0. The van der Waals surface area contributed by atoms with Gasteiger partial charge in [-0.05, 0) is 39.7 Å². The molecule has 0 radical (unpaired) electrons. The molecule has 0 aromatic heterocycles. The molecule has 4 rings (SSSR count). The van der Waals surface area contributed by atoms with Crippen LogP contribution in [0.5, 0.6) is 0 Å². The van der Waals surface area contributed by atoms with Crippen LogP contribution in [-0.4, -0.2) is 35.0 Å². The largest absolute Gasteiger partial charge is 0.414 e. The molecule has 2 atom stereocenters. The van der Waals surface area contributed by atoms with E-state index in [2.05, 4.69) is 119 Å². The van der Waals surface area contributed by atoms with Gasteiger partial charge in [0.15, 0.2) is 0 Å². The zero-order chi connectivity index (χ0) is 24.1. The molecule has 1 heterocycles. The second-order valence-electron chi connectivity index (χ2n) is 8.70. The van der Waals surface area contributed by atoms with E-state index in [-0.39, 0.29) is 0 Å². The van der Waals surface area contributed by atoms with E-state index in [1.165, 1.54) is 10.4 Å². The highest BCUT2D eigenvalue weighted by atomic mass is 28.5. The molecule has 0 spiro atoms. The fraction of sp³-hybridized carbons (Fsp3) is 0.308. The fourth-order valence-electron chi connectivity index (χ4n) is 4.73. The van der Waals surface area contributed by atoms with Crippen LogP contribution in [-0.2, 0) is 16.5 Å². The third kappa shape index (κ3) is 4.87. The van der Waals surface area contributed by atoms with Crippen molar-refractivity contribution in [2.45, 2.75) is 51.9 Å². The van der Waals surface area contributed by atoms with Crippen molar-refractivity contribution in [3.8, 4) is 0 Å². The van der Waals surface area contributed by atoms with Crippen molar-refractivity contribution in [3.05, 3.63) is 91.0 Å². The van der Waals surface area contributed by atoms with Gasteiger partial charge in [0.1, 0.15) is 0 Å². The molecule has 1 fully saturated rings. The molecule has 0 bridgehead atoms. The first-order valence-electron chi connectivity index (χ1n) is 12.5. The lowest BCUT2D eigenvalue weighted by atomic mass is 10.4. The molecule has 0 amide bonds. The average molecular weight is 525 g/mol. The smallest absolute Gasteiger partial charge is 0.355 e. The Balaban J connectivity index is 1.94. The van der Waals surface area contributed by atoms with Gasteiger partial charge >= 0.3 is 35.0 Å². The number of rotatable bonds is 7. The lowest BCUT2D eigenvalue weighted by Crippen LogP contribution is -2.75. The van der Waals surface area contributed by atoms with Gasteiger partial charge in [-0.1, -0.05) is 119 Å². The summed E-state index contributed by atoms with van der Waals surface area (Å²) < 4.78 is 29.2. The standard InChI is InChI=1S/C26H36O4Si4/c1-5-31-27-32(6-2,24-18-12-9-13-19-24)29-34(8-4,26-22-16-11-17-23-26)30-33(7-3,28-31)25-20-14-10-15-21-25/h9-23,31H,5-8H2,1-4H3. The second-order valence-corrected chi connectivity index (χ2v) is 22.3. The Labute approximate surface area is 209 Å². The van der Waals surface area contributed by atoms with E-state index in [1.807, 2.05) is 0 Å². The summed E-state index contributed by atoms with van der Waals surface area (Å²) in [6, 6.07) is 35.0. The third-order valence-electron chi connectivity index (χ3n) is 6.67. The molecule has 0 aliphatic carbocycles. The SMILES string of the molecule is CC[SiH]1O[Si](CC)(c2ccccc2)O[Si](CC)(c2ccccc2)O[Si](CC)(c2ccccc2)O1. The quantitative estimate of drug-likeness (QED) is 0.429. The van der Waals surface area contributed by atoms with Crippen molar-refractivity contribution in [1.29, 1.82) is 0 Å². The van der Waals surface area contributed by atoms with Crippen molar-refractivity contribution < 1.29 is 16.5 Å². The number of benzene rings is 3. The van der Waals surface area contributed by atoms with E-state index in [9.17, 15) is 0 Å². The van der Waals surface area contributed by atoms with Gasteiger partial charge in [-0.15, -0.1) is 0 Å². The molecule has 34 heavy (non-hydrogen) atoms. The van der Waals surface area contributed by atoms with E-state index in [0.717, 1.165) is 29.4 Å². The Hall–Kier alpha value is -1.63. The minimum Gasteiger partial charge on any atom is -0.414 e. The van der Waals surface area contributed by atoms with Crippen molar-refractivity contribution in [3.63, 3.8) is 0 Å². The van der Waals surface area contributed by atoms with Crippen molar-refractivity contribution in [2.24, 2.45) is 0 Å². The molecular formula is C26H36O4Si4. The molecule has 3 aromatic rings. The molecule has 0 saturated carbocycles. The minimum absolute atomic E-state index is 0.797. The van der Waals surface area contributed by atoms with Gasteiger partial charge < -0.3 is 16.5 Å². The van der Waals surface area contributed by atoms with E-state index in [4.69, 9.17) is 16.5 Å². The summed E-state index contributed by atoms with van der Waals surface area (Å²) in [7, 11) is -10.6. The second kappa shape index (κ2) is 11.0. The Morgan fingerprint density at radius 1 is 0.500 bits per heavy atom. The summed E-state index contributed by atoms with van der Waals surface area (Å²) >= 11 is 0. The third-order valence-corrected chi connectivity index (χ3v) is 24.2. The fourth-order valence-corrected chi connectivity index (χ4v) is 26.1. The summed E-state index contributed by atoms with van der Waals surface area (Å²) in [6.07, 6.45) is 0. The highest BCUT2D eigenvalue weighted by molar-refractivity contribution is 7.02. The maximum Gasteiger partial charge on any atom is 0.355 e. The van der Waals surface area contributed by atoms with Gasteiger partial charge in [0.05, 0.1) is 0 Å². The normalized spacial score (nSPS) is 29.8. The Morgan fingerprint density at radius 2 is 0.824 bits per heavy atom. The van der Waals surface area contributed by atoms with Crippen molar-refractivity contribution in [2.75, 3.05) is 0 Å². The van der Waals surface area contributed by atoms with Crippen LogP contribution < -0.4 is 15.6 Å². The Bertz CT molecular complexity index is 981. The van der Waals surface area contributed by atoms with E-state index >= 15 is 0 Å². The van der Waals surface area contributed by atoms with Gasteiger partial charge in [-0.3, -0.25) is 0 Å². The van der Waals surface area contributed by atoms with Crippen LogP contribution in [0.15, 0.2) is 91.0 Å². The molecule has 4 nitrogen and oxygen atoms in total. The van der Waals surface area contributed by atoms with Crippen LogP contribution in [0.2, 0.25) is 24.2 Å². The lowest BCUT2D eigenvalue weighted by molar-refractivity contribution is 0.250. The molecule has 1 aliphatic heterocycles. The van der Waals surface area contributed by atoms with Crippen LogP contribution in [0, 0.1) is 0 Å². The van der Waals surface area contributed by atoms with Gasteiger partial charge in [0, 0.05) is 0 Å². The first-order chi connectivity index (χ1) is 16.6. The maximum absolute atomic E-state index is 7.47. The van der Waals surface area contributed by atoms with E-state index in [0.29, 0.717) is 0 Å². The molecular weight excluding hydrogens is 489 g/mol. The first-order valence-corrected chi connectivity index (χ1v) is 20.3. The highest BCUT2D eigenvalue weighted by Gasteiger charge is 2.58. The summed E-state index contributed by atoms with van der Waals surface area (Å²) in [5.74, 6) is 0. The summed E-state index contributed by atoms with van der Waals surface area (Å²) in [6.45, 7) is 8.78. The molecule has 8 heteroatoms. The Kier molecular flexibility index (Phi) is 8.21. The monoisotopic (exact) mass is 524 g/mol. The van der Waals surface area contributed by atoms with Crippen LogP contribution in [0.25, 0.3) is 0 Å². The van der Waals surface area contributed by atoms with Gasteiger partial charge in [0.2, 0.25) is 0 Å². The maximum atomic E-state index is 7.47. The first kappa shape index (κ1) is 25.5. The van der Waals surface area contributed by atoms with Crippen LogP contribution in [0.1, 0.15) is 27.7 Å². The van der Waals surface area contributed by atoms with E-state index < -0.39 is 35.0 Å². The van der Waals surface area contributed by atoms with E-state index in [1.54, 1.807) is 0 Å². The van der Waals surface area contributed by atoms with Gasteiger partial charge in [-0.25, -0.2) is 0 Å². The number of hydrogen-bond donors (Lipinski definition) is 0. The predicted octanol–water partition coefficient (Wildman–Crippen LogP) is 4.41. The molecule has 180 valence electrons. The van der Waals surface area contributed by atoms with Gasteiger partial charge in [-0.2, -0.15) is 0 Å². The highest BCUT2D eigenvalue weighted by Crippen LogP contribution is 2.33. The van der Waals surface area contributed by atoms with Gasteiger partial charge in [0.25, 0.3) is 0 Å². The van der Waals surface area contributed by atoms with Crippen LogP contribution >= 0.6 is 0 Å². The molecule has 3 aromatic carbocycles. The zero-order valence-corrected chi connectivity index (χ0v) is 24.9. The summed E-state index contributed by atoms with van der Waals surface area (Å²) in [5.41, 5.74) is 0. The van der Waals surface area contributed by atoms with Crippen molar-refractivity contribution in [1.82, 2.24) is 0 Å². The predicted molar refractivity (Wildman–Crippen MR) is 149 cm³/mol. The molecule has 1 aliphatic rings. The molecule has 1 saturated heterocycles. The minimum atomic E-state index is -2.94.